The molecule has 0 aliphatic rings. The Morgan fingerprint density at radius 3 is 2.68 bits per heavy atom. The molecular formula is C18H26N4O3. The van der Waals surface area contributed by atoms with E-state index in [4.69, 9.17) is 9.47 Å². The predicted molar refractivity (Wildman–Crippen MR) is 95.7 cm³/mol. The third kappa shape index (κ3) is 5.70. The molecule has 0 bridgehead atoms. The number of ether oxygens (including phenoxy) is 2. The summed E-state index contributed by atoms with van der Waals surface area (Å²) in [5.41, 5.74) is 1.78. The van der Waals surface area contributed by atoms with Crippen molar-refractivity contribution in [1.82, 2.24) is 20.8 Å². The Labute approximate surface area is 148 Å². The number of H-pyrrole nitrogens is 1. The van der Waals surface area contributed by atoms with Crippen molar-refractivity contribution in [2.75, 3.05) is 13.7 Å². The maximum atomic E-state index is 12.0. The average molecular weight is 346 g/mol. The second kappa shape index (κ2) is 8.96. The van der Waals surface area contributed by atoms with E-state index in [1.165, 1.54) is 0 Å². The van der Waals surface area contributed by atoms with Gasteiger partial charge < -0.3 is 20.1 Å². The third-order valence-corrected chi connectivity index (χ3v) is 3.61. The van der Waals surface area contributed by atoms with Crippen LogP contribution in [-0.4, -0.2) is 29.9 Å². The summed E-state index contributed by atoms with van der Waals surface area (Å²) in [5.74, 6) is 1.80. The van der Waals surface area contributed by atoms with Gasteiger partial charge in [-0.1, -0.05) is 19.9 Å². The molecule has 1 heterocycles. The average Bonchev–Trinajstić information content (AvgIpc) is 3.11. The third-order valence-electron chi connectivity index (χ3n) is 3.61. The van der Waals surface area contributed by atoms with Crippen LogP contribution in [0.15, 0.2) is 30.5 Å². The van der Waals surface area contributed by atoms with Gasteiger partial charge in [-0.3, -0.25) is 5.10 Å². The molecule has 7 heteroatoms. The van der Waals surface area contributed by atoms with E-state index in [1.54, 1.807) is 13.3 Å². The number of amides is 2. The first-order chi connectivity index (χ1) is 12.0. The molecule has 25 heavy (non-hydrogen) atoms. The van der Waals surface area contributed by atoms with Crippen molar-refractivity contribution in [3.8, 4) is 11.5 Å². The molecular weight excluding hydrogens is 320 g/mol. The highest BCUT2D eigenvalue weighted by atomic mass is 16.5. The van der Waals surface area contributed by atoms with Gasteiger partial charge >= 0.3 is 6.03 Å². The van der Waals surface area contributed by atoms with Crippen LogP contribution in [0.25, 0.3) is 0 Å². The molecule has 3 N–H and O–H groups in total. The monoisotopic (exact) mass is 346 g/mol. The number of carbonyl (C=O) groups excluding carboxylic acids is 1. The number of hydrogen-bond acceptors (Lipinski definition) is 4. The van der Waals surface area contributed by atoms with Crippen LogP contribution in [0.4, 0.5) is 4.79 Å². The topological polar surface area (TPSA) is 88.3 Å². The van der Waals surface area contributed by atoms with Crippen LogP contribution in [0.3, 0.4) is 0 Å². The van der Waals surface area contributed by atoms with Crippen molar-refractivity contribution in [2.24, 2.45) is 5.92 Å². The number of nitrogens with one attached hydrogen (secondary N) is 3. The minimum absolute atomic E-state index is 0.171. The van der Waals surface area contributed by atoms with Gasteiger partial charge in [-0.2, -0.15) is 5.10 Å². The molecule has 7 nitrogen and oxygen atoms in total. The molecule has 0 saturated heterocycles. The van der Waals surface area contributed by atoms with Crippen LogP contribution in [0.5, 0.6) is 11.5 Å². The summed E-state index contributed by atoms with van der Waals surface area (Å²) in [6.07, 6.45) is 1.65. The molecule has 1 atom stereocenters. The summed E-state index contributed by atoms with van der Waals surface area (Å²) >= 11 is 0. The number of carbonyl (C=O) groups is 1. The summed E-state index contributed by atoms with van der Waals surface area (Å²) in [7, 11) is 1.61. The van der Waals surface area contributed by atoms with Gasteiger partial charge in [0.2, 0.25) is 0 Å². The first-order valence-corrected chi connectivity index (χ1v) is 8.33. The number of methoxy groups -OCH3 is 1. The Balaban J connectivity index is 1.93. The highest BCUT2D eigenvalue weighted by molar-refractivity contribution is 5.74. The van der Waals surface area contributed by atoms with Crippen LogP contribution in [0.1, 0.15) is 38.1 Å². The van der Waals surface area contributed by atoms with Gasteiger partial charge in [0.05, 0.1) is 32.0 Å². The molecule has 2 rings (SSSR count). The summed E-state index contributed by atoms with van der Waals surface area (Å²) in [5, 5.41) is 12.3. The Bertz CT molecular complexity index is 671. The molecule has 0 aliphatic carbocycles. The zero-order chi connectivity index (χ0) is 18.2. The summed E-state index contributed by atoms with van der Waals surface area (Å²) in [6.45, 7) is 7.12. The zero-order valence-electron chi connectivity index (χ0n) is 15.1. The van der Waals surface area contributed by atoms with Crippen LogP contribution < -0.4 is 20.1 Å². The number of hydrogen-bond donors (Lipinski definition) is 3. The fourth-order valence-electron chi connectivity index (χ4n) is 2.22. The largest absolute Gasteiger partial charge is 0.493 e. The van der Waals surface area contributed by atoms with E-state index in [1.807, 2.05) is 31.2 Å². The van der Waals surface area contributed by atoms with Crippen LogP contribution in [0.2, 0.25) is 0 Å². The van der Waals surface area contributed by atoms with Crippen molar-refractivity contribution < 1.29 is 14.3 Å². The molecule has 0 saturated carbocycles. The highest BCUT2D eigenvalue weighted by Gasteiger charge is 2.13. The second-order valence-corrected chi connectivity index (χ2v) is 6.25. The van der Waals surface area contributed by atoms with Crippen LogP contribution in [-0.2, 0) is 6.54 Å². The number of aromatic nitrogens is 2. The lowest BCUT2D eigenvalue weighted by molar-refractivity contribution is 0.237. The van der Waals surface area contributed by atoms with Crippen molar-refractivity contribution in [3.05, 3.63) is 41.7 Å². The fraction of sp³-hybridized carbons (Fsp3) is 0.444. The van der Waals surface area contributed by atoms with Crippen LogP contribution >= 0.6 is 0 Å². The van der Waals surface area contributed by atoms with Gasteiger partial charge in [0.1, 0.15) is 0 Å². The quantitative estimate of drug-likeness (QED) is 0.685. The number of urea groups is 1. The van der Waals surface area contributed by atoms with Gasteiger partial charge in [0.15, 0.2) is 11.5 Å². The first-order valence-electron chi connectivity index (χ1n) is 8.33. The summed E-state index contributed by atoms with van der Waals surface area (Å²) < 4.78 is 11.2. The molecule has 136 valence electrons. The molecule has 0 spiro atoms. The lowest BCUT2D eigenvalue weighted by Crippen LogP contribution is -2.36. The van der Waals surface area contributed by atoms with Crippen molar-refractivity contribution in [2.45, 2.75) is 33.4 Å². The molecule has 0 radical (unpaired) electrons. The lowest BCUT2D eigenvalue weighted by atomic mass is 10.1. The van der Waals surface area contributed by atoms with Gasteiger partial charge in [0, 0.05) is 6.20 Å². The molecule has 1 aromatic carbocycles. The van der Waals surface area contributed by atoms with E-state index in [9.17, 15) is 4.79 Å². The van der Waals surface area contributed by atoms with E-state index < -0.39 is 0 Å². The lowest BCUT2D eigenvalue weighted by Gasteiger charge is -2.18. The maximum absolute atomic E-state index is 12.0. The number of benzene rings is 1. The standard InChI is InChI=1S/C18H26N4O3/c1-12(2)11-25-16-6-5-14(9-17(16)24-4)13(3)21-18(23)19-10-15-7-8-20-22-15/h5-9,12-13H,10-11H2,1-4H3,(H,20,22)(H2,19,21,23). The van der Waals surface area contributed by atoms with Gasteiger partial charge in [-0.25, -0.2) is 4.79 Å². The van der Waals surface area contributed by atoms with Crippen molar-refractivity contribution in [1.29, 1.82) is 0 Å². The van der Waals surface area contributed by atoms with E-state index in [0.29, 0.717) is 30.6 Å². The smallest absolute Gasteiger partial charge is 0.315 e. The van der Waals surface area contributed by atoms with Gasteiger partial charge in [-0.05, 0) is 36.6 Å². The van der Waals surface area contributed by atoms with Crippen LogP contribution in [0, 0.1) is 5.92 Å². The zero-order valence-corrected chi connectivity index (χ0v) is 15.1. The number of nitrogens with zero attached hydrogens (tertiary/aromatic N) is 1. The molecule has 0 aliphatic heterocycles. The Morgan fingerprint density at radius 1 is 1.24 bits per heavy atom. The van der Waals surface area contributed by atoms with E-state index in [-0.39, 0.29) is 12.1 Å². The minimum Gasteiger partial charge on any atom is -0.493 e. The first kappa shape index (κ1) is 18.6. The Morgan fingerprint density at radius 2 is 2.04 bits per heavy atom. The molecule has 2 amide bonds. The SMILES string of the molecule is COc1cc(C(C)NC(=O)NCc2ccn[nH]2)ccc1OCC(C)C. The molecule has 1 aromatic heterocycles. The van der Waals surface area contributed by atoms with Crippen molar-refractivity contribution >= 4 is 6.03 Å². The Hall–Kier alpha value is -2.70. The second-order valence-electron chi connectivity index (χ2n) is 6.25. The van der Waals surface area contributed by atoms with E-state index in [2.05, 4.69) is 34.7 Å². The maximum Gasteiger partial charge on any atom is 0.315 e. The van der Waals surface area contributed by atoms with E-state index in [0.717, 1.165) is 11.3 Å². The fourth-order valence-corrected chi connectivity index (χ4v) is 2.22. The van der Waals surface area contributed by atoms with Gasteiger partial charge in [-0.15, -0.1) is 0 Å². The number of rotatable bonds is 8. The van der Waals surface area contributed by atoms with Gasteiger partial charge in [0.25, 0.3) is 0 Å². The molecule has 0 fully saturated rings. The predicted octanol–water partition coefficient (Wildman–Crippen LogP) is 3.01. The minimum atomic E-state index is -0.249. The molecule has 2 aromatic rings. The highest BCUT2D eigenvalue weighted by Crippen LogP contribution is 2.30. The number of aromatic amines is 1. The Kier molecular flexibility index (Phi) is 6.68. The van der Waals surface area contributed by atoms with E-state index >= 15 is 0 Å². The van der Waals surface area contributed by atoms with Crippen molar-refractivity contribution in [3.63, 3.8) is 0 Å². The summed E-state index contributed by atoms with van der Waals surface area (Å²) in [4.78, 5) is 12.0. The normalized spacial score (nSPS) is 11.9. The summed E-state index contributed by atoms with van der Waals surface area (Å²) in [6, 6.07) is 7.07. The molecule has 1 unspecified atom stereocenters.